The number of rotatable bonds is 1. The van der Waals surface area contributed by atoms with Gasteiger partial charge in [0.25, 0.3) is 0 Å². The van der Waals surface area contributed by atoms with E-state index in [9.17, 15) is 4.79 Å². The first-order chi connectivity index (χ1) is 6.31. The van der Waals surface area contributed by atoms with Gasteiger partial charge in [-0.3, -0.25) is 0 Å². The summed E-state index contributed by atoms with van der Waals surface area (Å²) in [5.74, 6) is 0. The number of fused-ring (bicyclic) bond motifs is 1. The van der Waals surface area contributed by atoms with E-state index in [0.29, 0.717) is 11.3 Å². The molecule has 0 amide bonds. The van der Waals surface area contributed by atoms with Gasteiger partial charge in [0.2, 0.25) is 6.08 Å². The normalized spacial score (nSPS) is 9.92. The van der Waals surface area contributed by atoms with E-state index in [2.05, 4.69) is 20.9 Å². The molecule has 13 heavy (non-hydrogen) atoms. The number of benzene rings is 1. The predicted octanol–water partition coefficient (Wildman–Crippen LogP) is 3.16. The number of halogens is 1. The number of furan rings is 1. The van der Waals surface area contributed by atoms with Gasteiger partial charge < -0.3 is 4.42 Å². The van der Waals surface area contributed by atoms with Crippen LogP contribution in [-0.4, -0.2) is 6.08 Å². The SMILES string of the molecule is O=C=Nc1coc2cc(Br)ccc12. The van der Waals surface area contributed by atoms with Gasteiger partial charge >= 0.3 is 0 Å². The van der Waals surface area contributed by atoms with Crippen molar-refractivity contribution in [3.8, 4) is 0 Å². The van der Waals surface area contributed by atoms with Gasteiger partial charge in [-0.1, -0.05) is 15.9 Å². The van der Waals surface area contributed by atoms with Crippen molar-refractivity contribution in [1.29, 1.82) is 0 Å². The van der Waals surface area contributed by atoms with E-state index in [1.165, 1.54) is 12.3 Å². The van der Waals surface area contributed by atoms with Gasteiger partial charge in [0.05, 0.1) is 0 Å². The van der Waals surface area contributed by atoms with Gasteiger partial charge in [-0.15, -0.1) is 0 Å². The Kier molecular flexibility index (Phi) is 2.00. The summed E-state index contributed by atoms with van der Waals surface area (Å²) in [4.78, 5) is 13.6. The van der Waals surface area contributed by atoms with E-state index in [-0.39, 0.29) is 0 Å². The van der Waals surface area contributed by atoms with E-state index >= 15 is 0 Å². The first kappa shape index (κ1) is 8.23. The molecule has 0 N–H and O–H groups in total. The minimum Gasteiger partial charge on any atom is -0.462 e. The van der Waals surface area contributed by atoms with Crippen molar-refractivity contribution in [3.63, 3.8) is 0 Å². The highest BCUT2D eigenvalue weighted by Crippen LogP contribution is 2.29. The van der Waals surface area contributed by atoms with Crippen LogP contribution in [0, 0.1) is 0 Å². The Hall–Kier alpha value is -1.38. The van der Waals surface area contributed by atoms with Gasteiger partial charge in [-0.2, -0.15) is 4.99 Å². The van der Waals surface area contributed by atoms with E-state index in [1.54, 1.807) is 0 Å². The van der Waals surface area contributed by atoms with Crippen LogP contribution in [0.25, 0.3) is 11.0 Å². The lowest BCUT2D eigenvalue weighted by Crippen LogP contribution is -1.65. The molecule has 0 spiro atoms. The lowest BCUT2D eigenvalue weighted by molar-refractivity contribution is 0.565. The summed E-state index contributed by atoms with van der Waals surface area (Å²) in [7, 11) is 0. The molecule has 0 bridgehead atoms. The van der Waals surface area contributed by atoms with E-state index < -0.39 is 0 Å². The fraction of sp³-hybridized carbons (Fsp3) is 0. The average Bonchev–Trinajstić information content (AvgIpc) is 2.49. The topological polar surface area (TPSA) is 42.6 Å². The quantitative estimate of drug-likeness (QED) is 0.565. The number of nitrogens with zero attached hydrogens (tertiary/aromatic N) is 1. The van der Waals surface area contributed by atoms with Crippen LogP contribution in [0.1, 0.15) is 0 Å². The monoisotopic (exact) mass is 237 g/mol. The average molecular weight is 238 g/mol. The van der Waals surface area contributed by atoms with Crippen LogP contribution in [0.5, 0.6) is 0 Å². The number of aliphatic imine (C=N–C) groups is 1. The zero-order chi connectivity index (χ0) is 9.26. The van der Waals surface area contributed by atoms with Crippen molar-refractivity contribution in [2.45, 2.75) is 0 Å². The highest BCUT2D eigenvalue weighted by atomic mass is 79.9. The molecule has 1 heterocycles. The van der Waals surface area contributed by atoms with Crippen molar-refractivity contribution in [1.82, 2.24) is 0 Å². The minimum absolute atomic E-state index is 0.512. The molecule has 0 unspecified atom stereocenters. The third-order valence-corrected chi connectivity index (χ3v) is 2.18. The molecule has 0 aliphatic carbocycles. The molecule has 0 fully saturated rings. The highest BCUT2D eigenvalue weighted by molar-refractivity contribution is 9.10. The van der Waals surface area contributed by atoms with Gasteiger partial charge in [-0.05, 0) is 18.2 Å². The Morgan fingerprint density at radius 3 is 3.08 bits per heavy atom. The van der Waals surface area contributed by atoms with Gasteiger partial charge in [0.15, 0.2) is 0 Å². The number of hydrogen-bond acceptors (Lipinski definition) is 3. The molecule has 64 valence electrons. The van der Waals surface area contributed by atoms with Crippen molar-refractivity contribution in [2.24, 2.45) is 4.99 Å². The van der Waals surface area contributed by atoms with E-state index in [1.807, 2.05) is 18.2 Å². The van der Waals surface area contributed by atoms with Gasteiger partial charge in [-0.25, -0.2) is 4.79 Å². The summed E-state index contributed by atoms with van der Waals surface area (Å²) in [5, 5.41) is 0.812. The van der Waals surface area contributed by atoms with E-state index in [0.717, 1.165) is 9.86 Å². The summed E-state index contributed by atoms with van der Waals surface area (Å²) < 4.78 is 6.11. The Labute approximate surface area is 82.2 Å². The Morgan fingerprint density at radius 2 is 2.31 bits per heavy atom. The fourth-order valence-electron chi connectivity index (χ4n) is 1.12. The fourth-order valence-corrected chi connectivity index (χ4v) is 1.46. The molecule has 0 saturated heterocycles. The molecule has 0 atom stereocenters. The molecule has 0 aliphatic rings. The third-order valence-electron chi connectivity index (χ3n) is 1.68. The summed E-state index contributed by atoms with van der Waals surface area (Å²) in [6.45, 7) is 0. The van der Waals surface area contributed by atoms with E-state index in [4.69, 9.17) is 4.42 Å². The standard InChI is InChI=1S/C9H4BrNO2/c10-6-1-2-7-8(11-5-12)4-13-9(7)3-6/h1-4H. The zero-order valence-electron chi connectivity index (χ0n) is 6.45. The molecule has 4 heteroatoms. The van der Waals surface area contributed by atoms with Crippen LogP contribution in [0.2, 0.25) is 0 Å². The molecular weight excluding hydrogens is 234 g/mol. The Bertz CT molecular complexity index is 497. The molecule has 3 nitrogen and oxygen atoms in total. The lowest BCUT2D eigenvalue weighted by Gasteiger charge is -1.89. The molecule has 1 aromatic heterocycles. The lowest BCUT2D eigenvalue weighted by atomic mass is 10.2. The number of isocyanates is 1. The van der Waals surface area contributed by atoms with Crippen molar-refractivity contribution in [3.05, 3.63) is 28.9 Å². The second kappa shape index (κ2) is 3.17. The Balaban J connectivity index is 2.75. The predicted molar refractivity (Wildman–Crippen MR) is 51.7 cm³/mol. The second-order valence-electron chi connectivity index (χ2n) is 2.46. The highest BCUT2D eigenvalue weighted by Gasteiger charge is 2.04. The van der Waals surface area contributed by atoms with Gasteiger partial charge in [0.1, 0.15) is 17.5 Å². The summed E-state index contributed by atoms with van der Waals surface area (Å²) in [6.07, 6.45) is 2.91. The molecule has 0 aliphatic heterocycles. The van der Waals surface area contributed by atoms with Crippen molar-refractivity contribution >= 4 is 38.7 Å². The molecule has 2 rings (SSSR count). The first-order valence-electron chi connectivity index (χ1n) is 3.56. The van der Waals surface area contributed by atoms with Crippen LogP contribution in [0.15, 0.2) is 38.3 Å². The maximum absolute atomic E-state index is 10.0. The minimum atomic E-state index is 0.512. The molecular formula is C9H4BrNO2. The Morgan fingerprint density at radius 1 is 1.46 bits per heavy atom. The largest absolute Gasteiger partial charge is 0.462 e. The van der Waals surface area contributed by atoms with Crippen molar-refractivity contribution < 1.29 is 9.21 Å². The maximum Gasteiger partial charge on any atom is 0.240 e. The molecule has 0 saturated carbocycles. The maximum atomic E-state index is 10.0. The summed E-state index contributed by atoms with van der Waals surface area (Å²) in [6, 6.07) is 5.51. The van der Waals surface area contributed by atoms with Crippen LogP contribution >= 0.6 is 15.9 Å². The second-order valence-corrected chi connectivity index (χ2v) is 3.38. The summed E-state index contributed by atoms with van der Waals surface area (Å²) >= 11 is 3.31. The van der Waals surface area contributed by atoms with Crippen LogP contribution in [0.4, 0.5) is 5.69 Å². The first-order valence-corrected chi connectivity index (χ1v) is 4.35. The van der Waals surface area contributed by atoms with Crippen molar-refractivity contribution in [2.75, 3.05) is 0 Å². The molecule has 0 radical (unpaired) electrons. The van der Waals surface area contributed by atoms with Crippen LogP contribution in [0.3, 0.4) is 0 Å². The zero-order valence-corrected chi connectivity index (χ0v) is 8.04. The smallest absolute Gasteiger partial charge is 0.240 e. The van der Waals surface area contributed by atoms with Crippen LogP contribution in [-0.2, 0) is 4.79 Å². The van der Waals surface area contributed by atoms with Crippen LogP contribution < -0.4 is 0 Å². The number of carbonyl (C=O) groups excluding carboxylic acids is 1. The molecule has 2 aromatic rings. The van der Waals surface area contributed by atoms with Gasteiger partial charge in [0, 0.05) is 9.86 Å². The third kappa shape index (κ3) is 1.41. The number of hydrogen-bond donors (Lipinski definition) is 0. The summed E-state index contributed by atoms with van der Waals surface area (Å²) in [5.41, 5.74) is 1.21. The molecule has 1 aromatic carbocycles.